The smallest absolute Gasteiger partial charge is 0.220 e. The second-order valence-electron chi connectivity index (χ2n) is 8.31. The van der Waals surface area contributed by atoms with Crippen molar-refractivity contribution in [3.63, 3.8) is 0 Å². The number of nitrogens with zero attached hydrogens (tertiary/aromatic N) is 3. The lowest BCUT2D eigenvalue weighted by Crippen LogP contribution is -2.36. The molecule has 0 spiro atoms. The van der Waals surface area contributed by atoms with Crippen LogP contribution in [0.25, 0.3) is 23.3 Å². The molecule has 2 fully saturated rings. The van der Waals surface area contributed by atoms with E-state index in [-0.39, 0.29) is 12.4 Å². The van der Waals surface area contributed by atoms with Gasteiger partial charge in [0.05, 0.1) is 26.4 Å². The number of thiazole rings is 1. The van der Waals surface area contributed by atoms with Crippen molar-refractivity contribution in [1.29, 1.82) is 0 Å². The van der Waals surface area contributed by atoms with E-state index in [0.29, 0.717) is 30.4 Å². The number of hydrogen-bond donors (Lipinski definition) is 0. The molecule has 35 heavy (non-hydrogen) atoms. The minimum atomic E-state index is -0.356. The number of ether oxygens (including phenoxy) is 4. The molecule has 8 nitrogen and oxygen atoms in total. The van der Waals surface area contributed by atoms with Crippen molar-refractivity contribution in [2.24, 2.45) is 0 Å². The van der Waals surface area contributed by atoms with Crippen molar-refractivity contribution in [1.82, 2.24) is 9.97 Å². The predicted molar refractivity (Wildman–Crippen MR) is 134 cm³/mol. The van der Waals surface area contributed by atoms with E-state index in [9.17, 15) is 0 Å². The monoisotopic (exact) mass is 491 g/mol. The fourth-order valence-corrected chi connectivity index (χ4v) is 4.89. The molecule has 2 aliphatic rings. The maximum Gasteiger partial charge on any atom is 0.220 e. The summed E-state index contributed by atoms with van der Waals surface area (Å²) in [5.74, 6) is 1.23. The van der Waals surface area contributed by atoms with Crippen molar-refractivity contribution >= 4 is 39.7 Å². The molecule has 9 heteroatoms. The van der Waals surface area contributed by atoms with Gasteiger partial charge in [0.1, 0.15) is 17.4 Å². The van der Waals surface area contributed by atoms with Gasteiger partial charge in [-0.25, -0.2) is 9.97 Å². The van der Waals surface area contributed by atoms with Gasteiger partial charge in [0.25, 0.3) is 0 Å². The molecule has 0 amide bonds. The van der Waals surface area contributed by atoms with Crippen LogP contribution in [0.15, 0.2) is 59.1 Å². The average molecular weight is 492 g/mol. The molecule has 2 aliphatic heterocycles. The Morgan fingerprint density at radius 3 is 2.66 bits per heavy atom. The molecule has 0 radical (unpaired) electrons. The number of fused-ring (bicyclic) bond motifs is 1. The van der Waals surface area contributed by atoms with Crippen LogP contribution in [0.5, 0.6) is 5.75 Å². The molecule has 0 N–H and O–H groups in total. The van der Waals surface area contributed by atoms with E-state index in [1.807, 2.05) is 66.9 Å². The molecular formula is C26H25N3O5S. The van der Waals surface area contributed by atoms with E-state index in [1.165, 1.54) is 0 Å². The second-order valence-corrected chi connectivity index (χ2v) is 9.35. The fraction of sp³-hybridized carbons (Fsp3) is 0.308. The molecule has 0 unspecified atom stereocenters. The molecule has 2 aromatic carbocycles. The quantitative estimate of drug-likeness (QED) is 0.381. The highest BCUT2D eigenvalue weighted by atomic mass is 32.1. The Morgan fingerprint density at radius 2 is 1.83 bits per heavy atom. The van der Waals surface area contributed by atoms with Gasteiger partial charge in [0.15, 0.2) is 17.0 Å². The zero-order valence-corrected chi connectivity index (χ0v) is 19.9. The summed E-state index contributed by atoms with van der Waals surface area (Å²) in [4.78, 5) is 12.4. The molecule has 0 bridgehead atoms. The van der Waals surface area contributed by atoms with Crippen molar-refractivity contribution in [2.75, 3.05) is 44.4 Å². The molecule has 180 valence electrons. The Bertz CT molecular complexity index is 1290. The third-order valence-corrected chi connectivity index (χ3v) is 6.82. The van der Waals surface area contributed by atoms with Gasteiger partial charge in [-0.1, -0.05) is 41.7 Å². The van der Waals surface area contributed by atoms with Gasteiger partial charge in [0, 0.05) is 41.9 Å². The van der Waals surface area contributed by atoms with Gasteiger partial charge in [-0.15, -0.1) is 0 Å². The first-order valence-corrected chi connectivity index (χ1v) is 12.4. The SMILES string of the molecule is C(=C\c1cnc(N2CCOCC2)s1)/c1nc2ccc(OC3COC(c4ccccc4)OC3)cc2o1. The minimum Gasteiger partial charge on any atom is -0.485 e. The predicted octanol–water partition coefficient (Wildman–Crippen LogP) is 4.78. The van der Waals surface area contributed by atoms with Crippen LogP contribution in [0.4, 0.5) is 5.13 Å². The molecule has 2 aromatic heterocycles. The molecular weight excluding hydrogens is 466 g/mol. The Hall–Kier alpha value is -3.24. The van der Waals surface area contributed by atoms with Crippen LogP contribution in [-0.4, -0.2) is 55.6 Å². The number of aromatic nitrogens is 2. The Balaban J connectivity index is 1.07. The lowest BCUT2D eigenvalue weighted by atomic mass is 10.2. The molecule has 0 atom stereocenters. The lowest BCUT2D eigenvalue weighted by molar-refractivity contribution is -0.215. The highest BCUT2D eigenvalue weighted by Gasteiger charge is 2.25. The second kappa shape index (κ2) is 10.2. The lowest BCUT2D eigenvalue weighted by Gasteiger charge is -2.29. The first-order valence-electron chi connectivity index (χ1n) is 11.6. The van der Waals surface area contributed by atoms with E-state index in [1.54, 1.807) is 11.3 Å². The maximum atomic E-state index is 6.07. The molecule has 0 saturated carbocycles. The van der Waals surface area contributed by atoms with Crippen LogP contribution in [0, 0.1) is 0 Å². The first kappa shape index (κ1) is 22.2. The highest BCUT2D eigenvalue weighted by molar-refractivity contribution is 7.16. The molecule has 4 aromatic rings. The third kappa shape index (κ3) is 5.23. The summed E-state index contributed by atoms with van der Waals surface area (Å²) in [7, 11) is 0. The molecule has 2 saturated heterocycles. The van der Waals surface area contributed by atoms with E-state index in [2.05, 4.69) is 14.9 Å². The summed E-state index contributed by atoms with van der Waals surface area (Å²) in [6.45, 7) is 4.13. The standard InChI is InChI=1S/C26H25N3O5S/c1-2-4-18(5-3-1)25-31-16-20(17-32-25)33-19-6-8-22-23(14-19)34-24(28-22)9-7-21-15-27-26(35-21)29-10-12-30-13-11-29/h1-9,14-15,20,25H,10-13,16-17H2/b9-7+. The maximum absolute atomic E-state index is 6.07. The van der Waals surface area contributed by atoms with Crippen molar-refractivity contribution < 1.29 is 23.4 Å². The number of rotatable bonds is 6. The fourth-order valence-electron chi connectivity index (χ4n) is 4.02. The largest absolute Gasteiger partial charge is 0.485 e. The Labute approximate surface area is 206 Å². The Morgan fingerprint density at radius 1 is 1.00 bits per heavy atom. The summed E-state index contributed by atoms with van der Waals surface area (Å²) < 4.78 is 29.1. The van der Waals surface area contributed by atoms with Gasteiger partial charge in [-0.2, -0.15) is 0 Å². The normalized spacial score (nSPS) is 21.1. The molecule has 6 rings (SSSR count). The van der Waals surface area contributed by atoms with Crippen LogP contribution in [0.2, 0.25) is 0 Å². The van der Waals surface area contributed by atoms with Crippen LogP contribution < -0.4 is 9.64 Å². The van der Waals surface area contributed by atoms with Crippen LogP contribution >= 0.6 is 11.3 Å². The van der Waals surface area contributed by atoms with Gasteiger partial charge in [-0.05, 0) is 18.2 Å². The van der Waals surface area contributed by atoms with E-state index >= 15 is 0 Å². The highest BCUT2D eigenvalue weighted by Crippen LogP contribution is 2.28. The average Bonchev–Trinajstić information content (AvgIpc) is 3.56. The minimum absolute atomic E-state index is 0.193. The van der Waals surface area contributed by atoms with E-state index in [0.717, 1.165) is 47.4 Å². The summed E-state index contributed by atoms with van der Waals surface area (Å²) in [6.07, 6.45) is 5.16. The number of benzene rings is 2. The van der Waals surface area contributed by atoms with Crippen LogP contribution in [0.3, 0.4) is 0 Å². The molecule has 0 aliphatic carbocycles. The number of oxazole rings is 1. The van der Waals surface area contributed by atoms with Gasteiger partial charge >= 0.3 is 0 Å². The van der Waals surface area contributed by atoms with Gasteiger partial charge in [0.2, 0.25) is 5.89 Å². The van der Waals surface area contributed by atoms with Crippen molar-refractivity contribution in [2.45, 2.75) is 12.4 Å². The summed E-state index contributed by atoms with van der Waals surface area (Å²) in [6, 6.07) is 15.5. The zero-order valence-electron chi connectivity index (χ0n) is 19.0. The van der Waals surface area contributed by atoms with Crippen LogP contribution in [-0.2, 0) is 14.2 Å². The summed E-state index contributed by atoms with van der Waals surface area (Å²) in [5, 5.41) is 1.01. The van der Waals surface area contributed by atoms with E-state index in [4.69, 9.17) is 23.4 Å². The first-order chi connectivity index (χ1) is 17.3. The number of anilines is 1. The zero-order chi connectivity index (χ0) is 23.5. The third-order valence-electron chi connectivity index (χ3n) is 5.80. The topological polar surface area (TPSA) is 79.1 Å². The van der Waals surface area contributed by atoms with Gasteiger partial charge in [-0.3, -0.25) is 0 Å². The summed E-state index contributed by atoms with van der Waals surface area (Å²) >= 11 is 1.65. The summed E-state index contributed by atoms with van der Waals surface area (Å²) in [5.41, 5.74) is 2.45. The van der Waals surface area contributed by atoms with Crippen LogP contribution in [0.1, 0.15) is 22.6 Å². The number of morpholine rings is 1. The van der Waals surface area contributed by atoms with Crippen molar-refractivity contribution in [3.8, 4) is 5.75 Å². The molecule has 4 heterocycles. The van der Waals surface area contributed by atoms with Crippen molar-refractivity contribution in [3.05, 3.63) is 71.1 Å². The van der Waals surface area contributed by atoms with E-state index < -0.39 is 0 Å². The Kier molecular flexibility index (Phi) is 6.46. The van der Waals surface area contributed by atoms with Gasteiger partial charge < -0.3 is 28.3 Å². The number of hydrogen-bond acceptors (Lipinski definition) is 9.